The van der Waals surface area contributed by atoms with E-state index in [-0.39, 0.29) is 12.5 Å². The molecule has 0 bridgehead atoms. The van der Waals surface area contributed by atoms with Gasteiger partial charge in [-0.3, -0.25) is 4.79 Å². The average molecular weight is 228 g/mol. The summed E-state index contributed by atoms with van der Waals surface area (Å²) in [6, 6.07) is -0.144. The number of rotatable bonds is 7. The Bertz CT molecular complexity index is 256. The van der Waals surface area contributed by atoms with Crippen LogP contribution in [0.4, 0.5) is 4.79 Å². The van der Waals surface area contributed by atoms with Crippen molar-refractivity contribution in [3.05, 3.63) is 0 Å². The van der Waals surface area contributed by atoms with Gasteiger partial charge in [-0.15, -0.1) is 0 Å². The van der Waals surface area contributed by atoms with Crippen LogP contribution in [0.1, 0.15) is 32.6 Å². The van der Waals surface area contributed by atoms with Crippen LogP contribution < -0.4 is 10.6 Å². The molecule has 1 aliphatic rings. The fraction of sp³-hybridized carbons (Fsp3) is 0.818. The van der Waals surface area contributed by atoms with Gasteiger partial charge >= 0.3 is 12.0 Å². The number of unbranched alkanes of at least 4 members (excludes halogenated alkanes) is 1. The van der Waals surface area contributed by atoms with E-state index in [4.69, 9.17) is 5.11 Å². The van der Waals surface area contributed by atoms with Crippen LogP contribution in [-0.2, 0) is 4.79 Å². The van der Waals surface area contributed by atoms with E-state index in [1.165, 1.54) is 6.42 Å². The summed E-state index contributed by atoms with van der Waals surface area (Å²) in [5.41, 5.74) is 0. The third kappa shape index (κ3) is 5.58. The maximum Gasteiger partial charge on any atom is 0.314 e. The Hall–Kier alpha value is -1.26. The van der Waals surface area contributed by atoms with Crippen LogP contribution in [0.25, 0.3) is 0 Å². The van der Waals surface area contributed by atoms with Crippen LogP contribution in [0, 0.1) is 11.8 Å². The molecule has 5 nitrogen and oxygen atoms in total. The van der Waals surface area contributed by atoms with E-state index in [0.717, 1.165) is 12.5 Å². The first-order valence-electron chi connectivity index (χ1n) is 5.83. The van der Waals surface area contributed by atoms with Gasteiger partial charge in [0.1, 0.15) is 0 Å². The number of nitrogens with one attached hydrogen (secondary N) is 2. The molecule has 3 N–H and O–H groups in total. The van der Waals surface area contributed by atoms with E-state index in [9.17, 15) is 9.59 Å². The van der Waals surface area contributed by atoms with Gasteiger partial charge in [-0.25, -0.2) is 4.79 Å². The molecule has 0 aromatic carbocycles. The van der Waals surface area contributed by atoms with Crippen LogP contribution in [0.15, 0.2) is 0 Å². The van der Waals surface area contributed by atoms with Gasteiger partial charge in [0.2, 0.25) is 0 Å². The number of amides is 2. The predicted molar refractivity (Wildman–Crippen MR) is 60.2 cm³/mol. The highest BCUT2D eigenvalue weighted by molar-refractivity contribution is 5.73. The molecule has 2 atom stereocenters. The number of carbonyl (C=O) groups is 2. The summed E-state index contributed by atoms with van der Waals surface area (Å²) in [5.74, 6) is 0.612. The van der Waals surface area contributed by atoms with Crippen LogP contribution in [-0.4, -0.2) is 30.2 Å². The highest BCUT2D eigenvalue weighted by Crippen LogP contribution is 2.36. The van der Waals surface area contributed by atoms with Crippen molar-refractivity contribution in [2.24, 2.45) is 11.8 Å². The van der Waals surface area contributed by atoms with Crippen molar-refractivity contribution in [2.45, 2.75) is 32.6 Å². The van der Waals surface area contributed by atoms with Crippen LogP contribution in [0.5, 0.6) is 0 Å². The lowest BCUT2D eigenvalue weighted by atomic mass is 10.2. The Morgan fingerprint density at radius 1 is 1.31 bits per heavy atom. The maximum atomic E-state index is 11.2. The summed E-state index contributed by atoms with van der Waals surface area (Å²) in [6.07, 6.45) is 2.69. The maximum absolute atomic E-state index is 11.2. The van der Waals surface area contributed by atoms with E-state index < -0.39 is 5.97 Å². The minimum absolute atomic E-state index is 0.144. The molecule has 0 aromatic heterocycles. The first-order valence-corrected chi connectivity index (χ1v) is 5.83. The van der Waals surface area contributed by atoms with Gasteiger partial charge in [0.15, 0.2) is 0 Å². The molecular formula is C11H20N2O3. The third-order valence-corrected chi connectivity index (χ3v) is 2.90. The number of carboxylic acid groups (broad SMARTS) is 1. The molecule has 0 aromatic rings. The van der Waals surface area contributed by atoms with Gasteiger partial charge in [-0.1, -0.05) is 6.92 Å². The summed E-state index contributed by atoms with van der Waals surface area (Å²) in [5, 5.41) is 13.9. The lowest BCUT2D eigenvalue weighted by molar-refractivity contribution is -0.137. The number of carboxylic acids is 1. The van der Waals surface area contributed by atoms with E-state index in [0.29, 0.717) is 25.3 Å². The Morgan fingerprint density at radius 2 is 2.00 bits per heavy atom. The van der Waals surface area contributed by atoms with Gasteiger partial charge in [0, 0.05) is 19.5 Å². The van der Waals surface area contributed by atoms with Gasteiger partial charge in [-0.2, -0.15) is 0 Å². The highest BCUT2D eigenvalue weighted by Gasteiger charge is 2.32. The summed E-state index contributed by atoms with van der Waals surface area (Å²) in [7, 11) is 0. The minimum Gasteiger partial charge on any atom is -0.481 e. The van der Waals surface area contributed by atoms with Crippen LogP contribution >= 0.6 is 0 Å². The Kier molecular flexibility index (Phi) is 5.08. The van der Waals surface area contributed by atoms with Crippen molar-refractivity contribution in [1.82, 2.24) is 10.6 Å². The van der Waals surface area contributed by atoms with E-state index in [1.54, 1.807) is 0 Å². The lowest BCUT2D eigenvalue weighted by Gasteiger charge is -2.06. The summed E-state index contributed by atoms with van der Waals surface area (Å²) in [4.78, 5) is 21.5. The second-order valence-corrected chi connectivity index (χ2v) is 4.46. The molecule has 0 spiro atoms. The molecule has 0 heterocycles. The molecule has 1 saturated carbocycles. The fourth-order valence-corrected chi connectivity index (χ4v) is 1.57. The Morgan fingerprint density at radius 3 is 2.56 bits per heavy atom. The SMILES string of the molecule is CC1CC1CNC(=O)NCCCCC(=O)O. The Balaban J connectivity index is 1.88. The van der Waals surface area contributed by atoms with Gasteiger partial charge < -0.3 is 15.7 Å². The molecule has 0 aliphatic heterocycles. The molecule has 1 aliphatic carbocycles. The second-order valence-electron chi connectivity index (χ2n) is 4.46. The first-order chi connectivity index (χ1) is 7.59. The number of aliphatic carboxylic acids is 1. The summed E-state index contributed by atoms with van der Waals surface area (Å²) < 4.78 is 0. The molecule has 1 rings (SSSR count). The Labute approximate surface area is 95.6 Å². The zero-order valence-electron chi connectivity index (χ0n) is 9.66. The van der Waals surface area contributed by atoms with Crippen molar-refractivity contribution >= 4 is 12.0 Å². The molecule has 5 heteroatoms. The quantitative estimate of drug-likeness (QED) is 0.573. The molecule has 2 amide bonds. The number of hydrogen-bond donors (Lipinski definition) is 3. The predicted octanol–water partition coefficient (Wildman–Crippen LogP) is 1.20. The van der Waals surface area contributed by atoms with E-state index in [2.05, 4.69) is 17.6 Å². The first kappa shape index (κ1) is 12.8. The average Bonchev–Trinajstić information content (AvgIpc) is 2.91. The number of urea groups is 1. The smallest absolute Gasteiger partial charge is 0.314 e. The second kappa shape index (κ2) is 6.35. The third-order valence-electron chi connectivity index (χ3n) is 2.90. The van der Waals surface area contributed by atoms with E-state index in [1.807, 2.05) is 0 Å². The van der Waals surface area contributed by atoms with Crippen molar-refractivity contribution in [2.75, 3.05) is 13.1 Å². The number of carbonyl (C=O) groups excluding carboxylic acids is 1. The van der Waals surface area contributed by atoms with E-state index >= 15 is 0 Å². The van der Waals surface area contributed by atoms with Crippen LogP contribution in [0.3, 0.4) is 0 Å². The zero-order chi connectivity index (χ0) is 12.0. The lowest BCUT2D eigenvalue weighted by Crippen LogP contribution is -2.37. The summed E-state index contributed by atoms with van der Waals surface area (Å²) in [6.45, 7) is 3.47. The largest absolute Gasteiger partial charge is 0.481 e. The van der Waals surface area contributed by atoms with Crippen LogP contribution in [0.2, 0.25) is 0 Å². The topological polar surface area (TPSA) is 78.4 Å². The molecule has 0 saturated heterocycles. The minimum atomic E-state index is -0.785. The standard InChI is InChI=1S/C11H20N2O3/c1-8-6-9(8)7-13-11(16)12-5-3-2-4-10(14)15/h8-9H,2-7H2,1H3,(H,14,15)(H2,12,13,16). The molecule has 2 unspecified atom stereocenters. The highest BCUT2D eigenvalue weighted by atomic mass is 16.4. The fourth-order valence-electron chi connectivity index (χ4n) is 1.57. The molecular weight excluding hydrogens is 208 g/mol. The molecule has 0 radical (unpaired) electrons. The molecule has 92 valence electrons. The van der Waals surface area contributed by atoms with Gasteiger partial charge in [0.05, 0.1) is 0 Å². The number of hydrogen-bond acceptors (Lipinski definition) is 2. The van der Waals surface area contributed by atoms with Crippen molar-refractivity contribution in [3.63, 3.8) is 0 Å². The van der Waals surface area contributed by atoms with Crippen molar-refractivity contribution in [1.29, 1.82) is 0 Å². The normalized spacial score (nSPS) is 22.6. The molecule has 1 fully saturated rings. The summed E-state index contributed by atoms with van der Waals surface area (Å²) >= 11 is 0. The monoisotopic (exact) mass is 228 g/mol. The van der Waals surface area contributed by atoms with Crippen molar-refractivity contribution < 1.29 is 14.7 Å². The van der Waals surface area contributed by atoms with Crippen molar-refractivity contribution in [3.8, 4) is 0 Å². The zero-order valence-corrected chi connectivity index (χ0v) is 9.66. The molecule has 16 heavy (non-hydrogen) atoms. The van der Waals surface area contributed by atoms with Gasteiger partial charge in [-0.05, 0) is 31.1 Å². The van der Waals surface area contributed by atoms with Gasteiger partial charge in [0.25, 0.3) is 0 Å².